The van der Waals surface area contributed by atoms with E-state index in [0.717, 1.165) is 24.7 Å². The topological polar surface area (TPSA) is 28.2 Å². The summed E-state index contributed by atoms with van der Waals surface area (Å²) in [6, 6.07) is 5.07. The predicted octanol–water partition coefficient (Wildman–Crippen LogP) is 3.60. The molecule has 1 aliphatic rings. The molecule has 1 aromatic heterocycles. The molecule has 3 nitrogen and oxygen atoms in total. The van der Waals surface area contributed by atoms with Gasteiger partial charge < -0.3 is 10.2 Å². The smallest absolute Gasteiger partial charge is 0.0562 e. The second-order valence-corrected chi connectivity index (χ2v) is 6.22. The molecule has 1 heterocycles. The number of hydrogen-bond donors (Lipinski definition) is 1. The van der Waals surface area contributed by atoms with Gasteiger partial charge in [-0.25, -0.2) is 0 Å². The Morgan fingerprint density at radius 2 is 2.25 bits per heavy atom. The van der Waals surface area contributed by atoms with Gasteiger partial charge in [0.1, 0.15) is 0 Å². The number of nitrogens with zero attached hydrogens (tertiary/aromatic N) is 2. The van der Waals surface area contributed by atoms with E-state index < -0.39 is 0 Å². The van der Waals surface area contributed by atoms with Crippen LogP contribution in [-0.4, -0.2) is 24.6 Å². The first kappa shape index (κ1) is 15.3. The lowest BCUT2D eigenvalue weighted by Crippen LogP contribution is -2.35. The van der Waals surface area contributed by atoms with E-state index in [1.807, 2.05) is 6.20 Å². The summed E-state index contributed by atoms with van der Waals surface area (Å²) in [4.78, 5) is 6.92. The molecule has 0 aromatic carbocycles. The zero-order valence-corrected chi connectivity index (χ0v) is 13.2. The van der Waals surface area contributed by atoms with Crippen molar-refractivity contribution in [1.82, 2.24) is 10.3 Å². The molecule has 2 unspecified atom stereocenters. The third-order valence-corrected chi connectivity index (χ3v) is 4.40. The van der Waals surface area contributed by atoms with Crippen molar-refractivity contribution in [3.05, 3.63) is 24.0 Å². The molecule has 20 heavy (non-hydrogen) atoms. The molecule has 1 N–H and O–H groups in total. The maximum absolute atomic E-state index is 4.46. The number of anilines is 1. The van der Waals surface area contributed by atoms with Crippen LogP contribution in [0, 0.1) is 5.92 Å². The van der Waals surface area contributed by atoms with Crippen LogP contribution in [-0.2, 0) is 6.54 Å². The molecule has 0 radical (unpaired) electrons. The lowest BCUT2D eigenvalue weighted by Gasteiger charge is -2.35. The van der Waals surface area contributed by atoms with Crippen molar-refractivity contribution in [3.8, 4) is 0 Å². The molecule has 1 aromatic rings. The Balaban J connectivity index is 1.98. The highest BCUT2D eigenvalue weighted by Gasteiger charge is 2.22. The van der Waals surface area contributed by atoms with Gasteiger partial charge in [0, 0.05) is 31.5 Å². The quantitative estimate of drug-likeness (QED) is 0.804. The van der Waals surface area contributed by atoms with E-state index in [4.69, 9.17) is 0 Å². The fraction of sp³-hybridized carbons (Fsp3) is 0.706. The normalized spacial score (nSPS) is 22.8. The molecule has 0 saturated heterocycles. The first-order chi connectivity index (χ1) is 9.70. The van der Waals surface area contributed by atoms with Crippen molar-refractivity contribution in [2.45, 2.75) is 58.5 Å². The maximum Gasteiger partial charge on any atom is 0.0562 e. The van der Waals surface area contributed by atoms with Crippen molar-refractivity contribution in [2.75, 3.05) is 18.5 Å². The molecule has 0 bridgehead atoms. The molecule has 0 aliphatic heterocycles. The highest BCUT2D eigenvalue weighted by atomic mass is 15.1. The average Bonchev–Trinajstić information content (AvgIpc) is 2.47. The number of rotatable bonds is 6. The predicted molar refractivity (Wildman–Crippen MR) is 86.1 cm³/mol. The van der Waals surface area contributed by atoms with E-state index in [-0.39, 0.29) is 0 Å². The van der Waals surface area contributed by atoms with Crippen molar-refractivity contribution in [3.63, 3.8) is 0 Å². The zero-order chi connectivity index (χ0) is 14.4. The summed E-state index contributed by atoms with van der Waals surface area (Å²) < 4.78 is 0. The molecule has 2 rings (SSSR count). The van der Waals surface area contributed by atoms with E-state index in [0.29, 0.717) is 6.04 Å². The fourth-order valence-corrected chi connectivity index (χ4v) is 3.14. The summed E-state index contributed by atoms with van der Waals surface area (Å²) in [7, 11) is 2.24. The molecule has 1 aliphatic carbocycles. The Hall–Kier alpha value is -1.09. The molecule has 2 atom stereocenters. The minimum absolute atomic E-state index is 0.692. The third kappa shape index (κ3) is 4.20. The summed E-state index contributed by atoms with van der Waals surface area (Å²) in [6.45, 7) is 6.50. The van der Waals surface area contributed by atoms with Gasteiger partial charge in [0.05, 0.1) is 5.69 Å². The minimum atomic E-state index is 0.692. The molecular formula is C17H29N3. The van der Waals surface area contributed by atoms with E-state index in [1.54, 1.807) is 0 Å². The second kappa shape index (κ2) is 7.63. The van der Waals surface area contributed by atoms with E-state index in [2.05, 4.69) is 48.2 Å². The lowest BCUT2D eigenvalue weighted by molar-refractivity contribution is 0.336. The highest BCUT2D eigenvalue weighted by Crippen LogP contribution is 2.29. The van der Waals surface area contributed by atoms with Gasteiger partial charge in [0.2, 0.25) is 0 Å². The van der Waals surface area contributed by atoms with Crippen molar-refractivity contribution in [2.24, 2.45) is 5.92 Å². The molecule has 1 fully saturated rings. The van der Waals surface area contributed by atoms with Gasteiger partial charge in [-0.1, -0.05) is 26.7 Å². The monoisotopic (exact) mass is 275 g/mol. The number of aromatic nitrogens is 1. The van der Waals surface area contributed by atoms with Crippen LogP contribution in [0.2, 0.25) is 0 Å². The summed E-state index contributed by atoms with van der Waals surface area (Å²) in [5.74, 6) is 0.865. The Morgan fingerprint density at radius 3 is 3.00 bits per heavy atom. The Labute approximate surface area is 123 Å². The number of hydrogen-bond acceptors (Lipinski definition) is 3. The van der Waals surface area contributed by atoms with Crippen LogP contribution in [0.5, 0.6) is 0 Å². The first-order valence-corrected chi connectivity index (χ1v) is 8.09. The first-order valence-electron chi connectivity index (χ1n) is 8.09. The minimum Gasteiger partial charge on any atom is -0.372 e. The third-order valence-electron chi connectivity index (χ3n) is 4.40. The fourth-order valence-electron chi connectivity index (χ4n) is 3.14. The van der Waals surface area contributed by atoms with Crippen LogP contribution in [0.4, 0.5) is 5.69 Å². The van der Waals surface area contributed by atoms with E-state index in [1.165, 1.54) is 37.8 Å². The van der Waals surface area contributed by atoms with Crippen molar-refractivity contribution < 1.29 is 0 Å². The maximum atomic E-state index is 4.46. The summed E-state index contributed by atoms with van der Waals surface area (Å²) >= 11 is 0. The van der Waals surface area contributed by atoms with Crippen LogP contribution in [0.25, 0.3) is 0 Å². The number of pyridine rings is 1. The SMILES string of the molecule is CCCNCc1cc(N(C)C2CCCC(C)C2)ccn1. The Morgan fingerprint density at radius 1 is 1.40 bits per heavy atom. The Bertz CT molecular complexity index is 405. The van der Waals surface area contributed by atoms with Gasteiger partial charge >= 0.3 is 0 Å². The van der Waals surface area contributed by atoms with Gasteiger partial charge in [-0.15, -0.1) is 0 Å². The van der Waals surface area contributed by atoms with Gasteiger partial charge in [-0.2, -0.15) is 0 Å². The number of nitrogens with one attached hydrogen (secondary N) is 1. The summed E-state index contributed by atoms with van der Waals surface area (Å²) in [5.41, 5.74) is 2.46. The van der Waals surface area contributed by atoms with Gasteiger partial charge in [0.15, 0.2) is 0 Å². The summed E-state index contributed by atoms with van der Waals surface area (Å²) in [5, 5.41) is 3.42. The van der Waals surface area contributed by atoms with Crippen molar-refractivity contribution >= 4 is 5.69 Å². The largest absolute Gasteiger partial charge is 0.372 e. The van der Waals surface area contributed by atoms with Crippen LogP contribution in [0.15, 0.2) is 18.3 Å². The standard InChI is InChI=1S/C17H29N3/c1-4-9-18-13-15-12-17(8-10-19-15)20(3)16-7-5-6-14(2)11-16/h8,10,12,14,16,18H,4-7,9,11,13H2,1-3H3. The van der Waals surface area contributed by atoms with Crippen LogP contribution >= 0.6 is 0 Å². The van der Waals surface area contributed by atoms with Gasteiger partial charge in [0.25, 0.3) is 0 Å². The molecular weight excluding hydrogens is 246 g/mol. The van der Waals surface area contributed by atoms with Crippen LogP contribution in [0.3, 0.4) is 0 Å². The molecule has 0 amide bonds. The highest BCUT2D eigenvalue weighted by molar-refractivity contribution is 5.46. The molecule has 0 spiro atoms. The molecule has 3 heteroatoms. The van der Waals surface area contributed by atoms with E-state index in [9.17, 15) is 0 Å². The Kier molecular flexibility index (Phi) is 5.84. The molecule has 1 saturated carbocycles. The average molecular weight is 275 g/mol. The second-order valence-electron chi connectivity index (χ2n) is 6.22. The zero-order valence-electron chi connectivity index (χ0n) is 13.2. The van der Waals surface area contributed by atoms with Crippen LogP contribution < -0.4 is 10.2 Å². The van der Waals surface area contributed by atoms with Gasteiger partial charge in [-0.05, 0) is 43.9 Å². The van der Waals surface area contributed by atoms with E-state index >= 15 is 0 Å². The van der Waals surface area contributed by atoms with Crippen molar-refractivity contribution in [1.29, 1.82) is 0 Å². The summed E-state index contributed by atoms with van der Waals surface area (Å²) in [6.07, 6.45) is 8.52. The van der Waals surface area contributed by atoms with Gasteiger partial charge in [-0.3, -0.25) is 4.98 Å². The van der Waals surface area contributed by atoms with Crippen LogP contribution in [0.1, 0.15) is 51.6 Å². The lowest BCUT2D eigenvalue weighted by atomic mass is 9.86. The molecule has 112 valence electrons.